The van der Waals surface area contributed by atoms with Crippen molar-refractivity contribution < 1.29 is 14.3 Å². The highest BCUT2D eigenvalue weighted by molar-refractivity contribution is 6.39. The van der Waals surface area contributed by atoms with Gasteiger partial charge in [0.25, 0.3) is 0 Å². The molecule has 0 aromatic heterocycles. The molecule has 0 spiro atoms. The maximum Gasteiger partial charge on any atom is 0.313 e. The van der Waals surface area contributed by atoms with Crippen LogP contribution in [0.2, 0.25) is 0 Å². The van der Waals surface area contributed by atoms with Crippen molar-refractivity contribution in [3.05, 3.63) is 60.2 Å². The van der Waals surface area contributed by atoms with Crippen LogP contribution in [0.1, 0.15) is 38.3 Å². The molecule has 2 aromatic carbocycles. The number of anilines is 1. The van der Waals surface area contributed by atoms with Crippen LogP contribution in [-0.4, -0.2) is 18.4 Å². The Labute approximate surface area is 148 Å². The van der Waals surface area contributed by atoms with E-state index in [9.17, 15) is 9.59 Å². The molecule has 0 aliphatic rings. The van der Waals surface area contributed by atoms with Crippen molar-refractivity contribution in [3.8, 4) is 5.75 Å². The Morgan fingerprint density at radius 1 is 1.00 bits per heavy atom. The number of hydrogen-bond acceptors (Lipinski definition) is 3. The molecule has 2 rings (SSSR count). The predicted octanol–water partition coefficient (Wildman–Crippen LogP) is 3.68. The van der Waals surface area contributed by atoms with Gasteiger partial charge < -0.3 is 15.4 Å². The number of carbonyl (C=O) groups is 2. The van der Waals surface area contributed by atoms with E-state index in [2.05, 4.69) is 17.6 Å². The smallest absolute Gasteiger partial charge is 0.313 e. The first kappa shape index (κ1) is 18.5. The highest BCUT2D eigenvalue weighted by Crippen LogP contribution is 2.16. The van der Waals surface area contributed by atoms with Crippen LogP contribution in [-0.2, 0) is 9.59 Å². The van der Waals surface area contributed by atoms with Crippen LogP contribution in [0.4, 0.5) is 5.69 Å². The van der Waals surface area contributed by atoms with E-state index in [1.165, 1.54) is 0 Å². The lowest BCUT2D eigenvalue weighted by molar-refractivity contribution is -0.136. The molecular formula is C20H24N2O3. The highest BCUT2D eigenvalue weighted by atomic mass is 16.5. The van der Waals surface area contributed by atoms with E-state index in [-0.39, 0.29) is 6.04 Å². The van der Waals surface area contributed by atoms with E-state index in [1.807, 2.05) is 37.3 Å². The molecule has 2 amide bonds. The van der Waals surface area contributed by atoms with Crippen molar-refractivity contribution in [2.45, 2.75) is 32.7 Å². The fourth-order valence-electron chi connectivity index (χ4n) is 2.24. The molecular weight excluding hydrogens is 316 g/mol. The third-order valence-corrected chi connectivity index (χ3v) is 3.73. The van der Waals surface area contributed by atoms with Gasteiger partial charge in [-0.3, -0.25) is 9.59 Å². The largest absolute Gasteiger partial charge is 0.494 e. The second-order valence-electron chi connectivity index (χ2n) is 5.79. The van der Waals surface area contributed by atoms with E-state index < -0.39 is 11.8 Å². The average Bonchev–Trinajstić information content (AvgIpc) is 2.64. The quantitative estimate of drug-likeness (QED) is 0.597. The summed E-state index contributed by atoms with van der Waals surface area (Å²) in [4.78, 5) is 24.0. The molecule has 0 fully saturated rings. The van der Waals surface area contributed by atoms with Gasteiger partial charge in [-0.1, -0.05) is 43.7 Å². The molecule has 0 radical (unpaired) electrons. The minimum absolute atomic E-state index is 0.242. The number of nitrogens with one attached hydrogen (secondary N) is 2. The van der Waals surface area contributed by atoms with Gasteiger partial charge in [-0.2, -0.15) is 0 Å². The summed E-state index contributed by atoms with van der Waals surface area (Å²) >= 11 is 0. The lowest BCUT2D eigenvalue weighted by Crippen LogP contribution is -2.36. The molecule has 0 aliphatic carbocycles. The van der Waals surface area contributed by atoms with Gasteiger partial charge in [0.2, 0.25) is 0 Å². The number of amides is 2. The van der Waals surface area contributed by atoms with Crippen LogP contribution in [0, 0.1) is 0 Å². The Kier molecular flexibility index (Phi) is 7.01. The Bertz CT molecular complexity index is 684. The standard InChI is InChI=1S/C20H24N2O3/c1-3-4-14-25-18-12-10-17(11-13-18)22-20(24)19(23)21-15(2)16-8-6-5-7-9-16/h5-13,15H,3-4,14H2,1-2H3,(H,21,23)(H,22,24). The second-order valence-corrected chi connectivity index (χ2v) is 5.79. The van der Waals surface area contributed by atoms with Crippen molar-refractivity contribution in [3.63, 3.8) is 0 Å². The third kappa shape index (κ3) is 5.95. The minimum atomic E-state index is -0.692. The Morgan fingerprint density at radius 3 is 2.32 bits per heavy atom. The van der Waals surface area contributed by atoms with Gasteiger partial charge in [0, 0.05) is 5.69 Å². The summed E-state index contributed by atoms with van der Waals surface area (Å²) in [6, 6.07) is 16.2. The second kappa shape index (κ2) is 9.47. The molecule has 132 valence electrons. The predicted molar refractivity (Wildman–Crippen MR) is 98.5 cm³/mol. The Balaban J connectivity index is 1.85. The number of unbranched alkanes of at least 4 members (excludes halogenated alkanes) is 1. The first-order valence-corrected chi connectivity index (χ1v) is 8.49. The third-order valence-electron chi connectivity index (χ3n) is 3.73. The summed E-state index contributed by atoms with van der Waals surface area (Å²) in [5, 5.41) is 5.27. The monoisotopic (exact) mass is 340 g/mol. The molecule has 0 bridgehead atoms. The summed E-state index contributed by atoms with van der Waals surface area (Å²) in [6.07, 6.45) is 2.07. The first-order chi connectivity index (χ1) is 12.1. The van der Waals surface area contributed by atoms with Gasteiger partial charge >= 0.3 is 11.8 Å². The van der Waals surface area contributed by atoms with Gasteiger partial charge in [-0.05, 0) is 43.2 Å². The fourth-order valence-corrected chi connectivity index (χ4v) is 2.24. The first-order valence-electron chi connectivity index (χ1n) is 8.49. The zero-order chi connectivity index (χ0) is 18.1. The van der Waals surface area contributed by atoms with Crippen molar-refractivity contribution >= 4 is 17.5 Å². The molecule has 0 aliphatic heterocycles. The topological polar surface area (TPSA) is 67.4 Å². The van der Waals surface area contributed by atoms with Crippen LogP contribution in [0.25, 0.3) is 0 Å². The molecule has 2 aromatic rings. The molecule has 0 heterocycles. The van der Waals surface area contributed by atoms with E-state index in [4.69, 9.17) is 4.74 Å². The number of ether oxygens (including phenoxy) is 1. The highest BCUT2D eigenvalue weighted by Gasteiger charge is 2.17. The Hall–Kier alpha value is -2.82. The fraction of sp³-hybridized carbons (Fsp3) is 0.300. The zero-order valence-electron chi connectivity index (χ0n) is 14.6. The molecule has 5 nitrogen and oxygen atoms in total. The number of rotatable bonds is 7. The Morgan fingerprint density at radius 2 is 1.68 bits per heavy atom. The normalized spacial score (nSPS) is 11.4. The van der Waals surface area contributed by atoms with Gasteiger partial charge in [0.05, 0.1) is 12.6 Å². The van der Waals surface area contributed by atoms with Crippen LogP contribution >= 0.6 is 0 Å². The molecule has 0 saturated carbocycles. The summed E-state index contributed by atoms with van der Waals surface area (Å²) in [5.74, 6) is -0.615. The van der Waals surface area contributed by atoms with Gasteiger partial charge in [-0.25, -0.2) is 0 Å². The summed E-state index contributed by atoms with van der Waals surface area (Å²) < 4.78 is 5.56. The molecule has 2 N–H and O–H groups in total. The zero-order valence-corrected chi connectivity index (χ0v) is 14.6. The van der Waals surface area contributed by atoms with Crippen LogP contribution in [0.5, 0.6) is 5.75 Å². The minimum Gasteiger partial charge on any atom is -0.494 e. The van der Waals surface area contributed by atoms with E-state index >= 15 is 0 Å². The van der Waals surface area contributed by atoms with Crippen LogP contribution in [0.15, 0.2) is 54.6 Å². The van der Waals surface area contributed by atoms with Crippen molar-refractivity contribution in [1.29, 1.82) is 0 Å². The number of hydrogen-bond donors (Lipinski definition) is 2. The molecule has 1 unspecified atom stereocenters. The summed E-state index contributed by atoms with van der Waals surface area (Å²) in [5.41, 5.74) is 1.49. The summed E-state index contributed by atoms with van der Waals surface area (Å²) in [7, 11) is 0. The van der Waals surface area contributed by atoms with Crippen molar-refractivity contribution in [1.82, 2.24) is 5.32 Å². The van der Waals surface area contributed by atoms with Crippen LogP contribution in [0.3, 0.4) is 0 Å². The van der Waals surface area contributed by atoms with Crippen LogP contribution < -0.4 is 15.4 Å². The van der Waals surface area contributed by atoms with Gasteiger partial charge in [-0.15, -0.1) is 0 Å². The lowest BCUT2D eigenvalue weighted by atomic mass is 10.1. The van der Waals surface area contributed by atoms with Crippen molar-refractivity contribution in [2.24, 2.45) is 0 Å². The molecule has 5 heteroatoms. The molecule has 0 saturated heterocycles. The van der Waals surface area contributed by atoms with E-state index in [1.54, 1.807) is 24.3 Å². The number of benzene rings is 2. The molecule has 25 heavy (non-hydrogen) atoms. The van der Waals surface area contributed by atoms with Gasteiger partial charge in [0.1, 0.15) is 5.75 Å². The van der Waals surface area contributed by atoms with E-state index in [0.717, 1.165) is 24.2 Å². The average molecular weight is 340 g/mol. The van der Waals surface area contributed by atoms with E-state index in [0.29, 0.717) is 12.3 Å². The summed E-state index contributed by atoms with van der Waals surface area (Å²) in [6.45, 7) is 4.61. The maximum absolute atomic E-state index is 12.0. The molecule has 1 atom stereocenters. The SMILES string of the molecule is CCCCOc1ccc(NC(=O)C(=O)NC(C)c2ccccc2)cc1. The number of carbonyl (C=O) groups excluding carboxylic acids is 2. The van der Waals surface area contributed by atoms with Crippen molar-refractivity contribution in [2.75, 3.05) is 11.9 Å². The lowest BCUT2D eigenvalue weighted by Gasteiger charge is -2.14. The van der Waals surface area contributed by atoms with Gasteiger partial charge in [0.15, 0.2) is 0 Å². The maximum atomic E-state index is 12.0.